The molecular formula is C26H31ClN4O2S. The summed E-state index contributed by atoms with van der Waals surface area (Å²) in [4.78, 5) is 7.44. The van der Waals surface area contributed by atoms with Crippen LogP contribution >= 0.6 is 23.8 Å². The Kier molecular flexibility index (Phi) is 7.68. The van der Waals surface area contributed by atoms with Gasteiger partial charge in [0, 0.05) is 16.8 Å². The highest BCUT2D eigenvalue weighted by atomic mass is 35.5. The summed E-state index contributed by atoms with van der Waals surface area (Å²) in [6.07, 6.45) is 1.75. The first-order valence-corrected chi connectivity index (χ1v) is 11.5. The summed E-state index contributed by atoms with van der Waals surface area (Å²) in [5.41, 5.74) is 4.59. The Bertz CT molecular complexity index is 1350. The summed E-state index contributed by atoms with van der Waals surface area (Å²) < 4.78 is 13.9. The fourth-order valence-corrected chi connectivity index (χ4v) is 3.99. The molecule has 2 aromatic heterocycles. The van der Waals surface area contributed by atoms with E-state index in [1.165, 1.54) is 0 Å². The molecule has 4 rings (SSSR count). The number of nitrogens with one attached hydrogen (secondary N) is 1. The van der Waals surface area contributed by atoms with E-state index in [0.717, 1.165) is 49.9 Å². The Morgan fingerprint density at radius 3 is 2.50 bits per heavy atom. The molecule has 0 saturated carbocycles. The fourth-order valence-electron chi connectivity index (χ4n) is 3.68. The van der Waals surface area contributed by atoms with Crippen LogP contribution < -0.4 is 9.47 Å². The van der Waals surface area contributed by atoms with E-state index in [2.05, 4.69) is 30.7 Å². The van der Waals surface area contributed by atoms with Crippen LogP contribution in [0.5, 0.6) is 11.5 Å². The zero-order valence-electron chi connectivity index (χ0n) is 19.4. The maximum atomic E-state index is 6.40. The van der Waals surface area contributed by atoms with Gasteiger partial charge < -0.3 is 14.5 Å². The van der Waals surface area contributed by atoms with Gasteiger partial charge in [-0.2, -0.15) is 5.10 Å². The highest BCUT2D eigenvalue weighted by molar-refractivity contribution is 7.71. The van der Waals surface area contributed by atoms with Crippen LogP contribution in [-0.4, -0.2) is 26.9 Å². The molecule has 1 N–H and O–H groups in total. The predicted octanol–water partition coefficient (Wildman–Crippen LogP) is 7.02. The maximum absolute atomic E-state index is 6.40. The second-order valence-corrected chi connectivity index (χ2v) is 9.83. The van der Waals surface area contributed by atoms with Crippen LogP contribution in [0.25, 0.3) is 11.0 Å². The Hall–Kier alpha value is -2.90. The van der Waals surface area contributed by atoms with Crippen molar-refractivity contribution in [2.45, 2.75) is 53.7 Å². The number of nitrogens with zero attached hydrogens (tertiary/aromatic N) is 3. The Morgan fingerprint density at radius 1 is 1.15 bits per heavy atom. The zero-order chi connectivity index (χ0) is 23.8. The molecule has 180 valence electrons. The molecule has 0 unspecified atom stereocenters. The first-order chi connectivity index (χ1) is 15.7. The standard InChI is InChI=1S/C25H27ClN4O2S.CH4/c1-15-10-22(19(11-20(15)26)25(2,3)4)32-14-21-18-12-27-24(33)28-23(18)30(29-21)13-16-6-8-17(31-5)9-7-16;/h6-12H,13-14H2,1-5H3,(H,27,28,33);1H4. The number of ether oxygens (including phenoxy) is 2. The van der Waals surface area contributed by atoms with Gasteiger partial charge in [0.05, 0.1) is 19.0 Å². The number of aromatic amines is 1. The van der Waals surface area contributed by atoms with Crippen LogP contribution in [-0.2, 0) is 18.6 Å². The van der Waals surface area contributed by atoms with E-state index < -0.39 is 0 Å². The van der Waals surface area contributed by atoms with Crippen molar-refractivity contribution >= 4 is 34.9 Å². The van der Waals surface area contributed by atoms with Crippen molar-refractivity contribution in [3.05, 3.63) is 74.8 Å². The van der Waals surface area contributed by atoms with Gasteiger partial charge in [0.15, 0.2) is 4.77 Å². The molecule has 0 fully saturated rings. The van der Waals surface area contributed by atoms with Crippen LogP contribution in [0, 0.1) is 11.7 Å². The van der Waals surface area contributed by atoms with Crippen LogP contribution in [0.2, 0.25) is 5.02 Å². The van der Waals surface area contributed by atoms with Crippen molar-refractivity contribution in [3.63, 3.8) is 0 Å². The van der Waals surface area contributed by atoms with Gasteiger partial charge in [0.1, 0.15) is 29.4 Å². The van der Waals surface area contributed by atoms with Gasteiger partial charge in [-0.1, -0.05) is 51.9 Å². The number of H-pyrrole nitrogens is 1. The molecule has 0 aliphatic heterocycles. The van der Waals surface area contributed by atoms with Crippen LogP contribution in [0.4, 0.5) is 0 Å². The molecule has 0 spiro atoms. The zero-order valence-corrected chi connectivity index (χ0v) is 21.0. The van der Waals surface area contributed by atoms with Crippen LogP contribution in [0.1, 0.15) is 50.6 Å². The second-order valence-electron chi connectivity index (χ2n) is 9.04. The van der Waals surface area contributed by atoms with Crippen molar-refractivity contribution < 1.29 is 9.47 Å². The van der Waals surface area contributed by atoms with Crippen molar-refractivity contribution in [2.24, 2.45) is 0 Å². The van der Waals surface area contributed by atoms with E-state index in [4.69, 9.17) is 38.4 Å². The SMILES string of the molecule is C.COc1ccc(Cn2nc(COc3cc(C)c(Cl)cc3C(C)(C)C)c3cnc(=S)[nH]c32)cc1. The molecule has 0 aliphatic rings. The number of aromatic nitrogens is 4. The molecule has 6 nitrogen and oxygen atoms in total. The van der Waals surface area contributed by atoms with Crippen molar-refractivity contribution in [3.8, 4) is 11.5 Å². The quantitative estimate of drug-likeness (QED) is 0.289. The average molecular weight is 499 g/mol. The Labute approximate surface area is 210 Å². The molecular weight excluding hydrogens is 468 g/mol. The smallest absolute Gasteiger partial charge is 0.198 e. The van der Waals surface area contributed by atoms with Gasteiger partial charge >= 0.3 is 0 Å². The molecule has 0 atom stereocenters. The molecule has 0 saturated heterocycles. The first kappa shape index (κ1) is 25.7. The minimum absolute atomic E-state index is 0. The lowest BCUT2D eigenvalue weighted by Crippen LogP contribution is -2.14. The van der Waals surface area contributed by atoms with E-state index in [9.17, 15) is 0 Å². The lowest BCUT2D eigenvalue weighted by atomic mass is 9.86. The first-order valence-electron chi connectivity index (χ1n) is 10.7. The minimum atomic E-state index is -0.116. The number of hydrogen-bond acceptors (Lipinski definition) is 5. The molecule has 34 heavy (non-hydrogen) atoms. The van der Waals surface area contributed by atoms with E-state index in [1.807, 2.05) is 48.0 Å². The minimum Gasteiger partial charge on any atom is -0.497 e. The lowest BCUT2D eigenvalue weighted by Gasteiger charge is -2.23. The molecule has 0 aliphatic carbocycles. The number of fused-ring (bicyclic) bond motifs is 1. The molecule has 0 bridgehead atoms. The van der Waals surface area contributed by atoms with Crippen molar-refractivity contribution in [2.75, 3.05) is 7.11 Å². The topological polar surface area (TPSA) is 65.0 Å². The van der Waals surface area contributed by atoms with Gasteiger partial charge in [-0.05, 0) is 59.9 Å². The molecule has 0 amide bonds. The second kappa shape index (κ2) is 10.2. The highest BCUT2D eigenvalue weighted by Crippen LogP contribution is 2.36. The monoisotopic (exact) mass is 498 g/mol. The van der Waals surface area contributed by atoms with Gasteiger partial charge in [0.25, 0.3) is 0 Å². The van der Waals surface area contributed by atoms with Gasteiger partial charge in [-0.15, -0.1) is 0 Å². The third-order valence-electron chi connectivity index (χ3n) is 5.53. The maximum Gasteiger partial charge on any atom is 0.198 e. The predicted molar refractivity (Wildman–Crippen MR) is 141 cm³/mol. The molecule has 2 heterocycles. The van der Waals surface area contributed by atoms with Gasteiger partial charge in [-0.25, -0.2) is 9.67 Å². The number of rotatable bonds is 6. The summed E-state index contributed by atoms with van der Waals surface area (Å²) in [7, 11) is 1.66. The Morgan fingerprint density at radius 2 is 1.85 bits per heavy atom. The lowest BCUT2D eigenvalue weighted by molar-refractivity contribution is 0.292. The third-order valence-corrected chi connectivity index (χ3v) is 6.14. The van der Waals surface area contributed by atoms with E-state index in [-0.39, 0.29) is 12.8 Å². The van der Waals surface area contributed by atoms with Gasteiger partial charge in [-0.3, -0.25) is 0 Å². The third kappa shape index (κ3) is 5.42. The van der Waals surface area contributed by atoms with Crippen molar-refractivity contribution in [1.29, 1.82) is 0 Å². The fraction of sp³-hybridized carbons (Fsp3) is 0.346. The largest absolute Gasteiger partial charge is 0.497 e. The van der Waals surface area contributed by atoms with Crippen LogP contribution in [0.3, 0.4) is 0 Å². The number of halogens is 1. The summed E-state index contributed by atoms with van der Waals surface area (Å²) >= 11 is 11.7. The molecule has 0 radical (unpaired) electrons. The molecule has 4 aromatic rings. The normalized spacial score (nSPS) is 11.4. The summed E-state index contributed by atoms with van der Waals surface area (Å²) in [6.45, 7) is 9.27. The summed E-state index contributed by atoms with van der Waals surface area (Å²) in [5.74, 6) is 1.62. The Balaban J connectivity index is 0.00000324. The number of aryl methyl sites for hydroxylation is 1. The summed E-state index contributed by atoms with van der Waals surface area (Å²) in [5, 5.41) is 6.44. The number of methoxy groups -OCH3 is 1. The van der Waals surface area contributed by atoms with Crippen molar-refractivity contribution in [1.82, 2.24) is 19.7 Å². The number of benzene rings is 2. The average Bonchev–Trinajstić information content (AvgIpc) is 3.10. The van der Waals surface area contributed by atoms with Gasteiger partial charge in [0.2, 0.25) is 0 Å². The number of hydrogen-bond donors (Lipinski definition) is 1. The summed E-state index contributed by atoms with van der Waals surface area (Å²) in [6, 6.07) is 11.9. The van der Waals surface area contributed by atoms with Crippen LogP contribution in [0.15, 0.2) is 42.6 Å². The van der Waals surface area contributed by atoms with E-state index in [1.54, 1.807) is 13.3 Å². The van der Waals surface area contributed by atoms with E-state index >= 15 is 0 Å². The molecule has 2 aromatic carbocycles. The highest BCUT2D eigenvalue weighted by Gasteiger charge is 2.21. The molecule has 8 heteroatoms. The van der Waals surface area contributed by atoms with E-state index in [0.29, 0.717) is 17.9 Å².